The van der Waals surface area contributed by atoms with Gasteiger partial charge in [0.25, 0.3) is 0 Å². The summed E-state index contributed by atoms with van der Waals surface area (Å²) in [7, 11) is 2.75. The van der Waals surface area contributed by atoms with Gasteiger partial charge in [0.15, 0.2) is 15.1 Å². The molecule has 0 saturated heterocycles. The Morgan fingerprint density at radius 2 is 2.32 bits per heavy atom. The molecule has 0 spiro atoms. The highest BCUT2D eigenvalue weighted by molar-refractivity contribution is 8.45. The highest BCUT2D eigenvalue weighted by Crippen LogP contribution is 2.40. The van der Waals surface area contributed by atoms with Gasteiger partial charge >= 0.3 is 0 Å². The fourth-order valence-corrected chi connectivity index (χ4v) is 5.57. The molecule has 1 N–H and O–H groups in total. The summed E-state index contributed by atoms with van der Waals surface area (Å²) in [5, 5.41) is 20.5. The number of aromatic nitrogens is 4. The van der Waals surface area contributed by atoms with E-state index in [0.29, 0.717) is 16.5 Å². The predicted molar refractivity (Wildman–Crippen MR) is 75.7 cm³/mol. The molecule has 3 rings (SSSR count). The van der Waals surface area contributed by atoms with Gasteiger partial charge < -0.3 is 9.84 Å². The van der Waals surface area contributed by atoms with Crippen molar-refractivity contribution in [1.29, 1.82) is 0 Å². The lowest BCUT2D eigenvalue weighted by molar-refractivity contribution is 0.280. The zero-order chi connectivity index (χ0) is 13.2. The molecule has 3 heterocycles. The first kappa shape index (κ1) is 12.7. The Morgan fingerprint density at radius 3 is 3.05 bits per heavy atom. The first-order chi connectivity index (χ1) is 9.28. The Kier molecular flexibility index (Phi) is 3.60. The van der Waals surface area contributed by atoms with Crippen LogP contribution in [0.2, 0.25) is 0 Å². The second-order valence-corrected chi connectivity index (χ2v) is 7.82. The zero-order valence-electron chi connectivity index (χ0n) is 9.81. The van der Waals surface area contributed by atoms with E-state index in [1.807, 2.05) is 17.5 Å². The molecule has 0 aromatic carbocycles. The number of rotatable bonds is 4. The molecule has 3 aromatic heterocycles. The molecule has 0 saturated carbocycles. The number of aliphatic hydroxyl groups excluding tert-OH is 1. The van der Waals surface area contributed by atoms with Gasteiger partial charge in [-0.2, -0.15) is 4.98 Å². The number of hydrogen-bond donors (Lipinski definition) is 1. The predicted octanol–water partition coefficient (Wildman–Crippen LogP) is 2.29. The molecule has 0 fully saturated rings. The number of nitrogens with zero attached hydrogens (tertiary/aromatic N) is 4. The summed E-state index contributed by atoms with van der Waals surface area (Å²) in [6, 6.07) is 3.76. The van der Waals surface area contributed by atoms with Gasteiger partial charge in [0, 0.05) is 6.07 Å². The summed E-state index contributed by atoms with van der Waals surface area (Å²) in [6.07, 6.45) is 0. The van der Waals surface area contributed by atoms with Crippen LogP contribution < -0.4 is 4.74 Å². The lowest BCUT2D eigenvalue weighted by Crippen LogP contribution is -1.86. The normalized spacial score (nSPS) is 12.0. The molecular weight excluding hydrogens is 304 g/mol. The van der Waals surface area contributed by atoms with Crippen molar-refractivity contribution in [2.45, 2.75) is 10.9 Å². The van der Waals surface area contributed by atoms with E-state index in [1.165, 1.54) is 22.1 Å². The molecule has 19 heavy (non-hydrogen) atoms. The minimum atomic E-state index is -0.349. The SMILES string of the molecule is COc1ccc2c[s+](Sc3nnc(CO)s3)nc2n1. The molecule has 0 aliphatic carbocycles. The van der Waals surface area contributed by atoms with Gasteiger partial charge in [-0.3, -0.25) is 0 Å². The average molecular weight is 313 g/mol. The topological polar surface area (TPSA) is 81.0 Å². The fraction of sp³-hybridized carbons (Fsp3) is 0.200. The molecular formula is C10H9N4O2S3+. The van der Waals surface area contributed by atoms with Gasteiger partial charge in [-0.05, 0) is 10.4 Å². The summed E-state index contributed by atoms with van der Waals surface area (Å²) in [5.41, 5.74) is 0.696. The van der Waals surface area contributed by atoms with E-state index in [9.17, 15) is 0 Å². The van der Waals surface area contributed by atoms with Crippen LogP contribution in [0.15, 0.2) is 21.9 Å². The summed E-state index contributed by atoms with van der Waals surface area (Å²) in [6.45, 7) is -0.0775. The molecule has 1 atom stereocenters. The molecule has 1 unspecified atom stereocenters. The summed E-state index contributed by atoms with van der Waals surface area (Å²) in [5.74, 6) is 0.560. The molecule has 0 aliphatic heterocycles. The van der Waals surface area contributed by atoms with Gasteiger partial charge in [-0.15, -0.1) is 10.2 Å². The Labute approximate surface area is 119 Å². The maximum absolute atomic E-state index is 8.96. The van der Waals surface area contributed by atoms with Crippen molar-refractivity contribution in [3.63, 3.8) is 0 Å². The second kappa shape index (κ2) is 5.37. The Morgan fingerprint density at radius 1 is 1.42 bits per heavy atom. The summed E-state index contributed by atoms with van der Waals surface area (Å²) in [4.78, 5) is 4.29. The van der Waals surface area contributed by atoms with Crippen LogP contribution in [0.4, 0.5) is 0 Å². The monoisotopic (exact) mass is 313 g/mol. The average Bonchev–Trinajstić information content (AvgIpc) is 3.03. The van der Waals surface area contributed by atoms with Crippen LogP contribution in [-0.2, 0) is 6.61 Å². The van der Waals surface area contributed by atoms with Crippen LogP contribution >= 0.6 is 31.8 Å². The van der Waals surface area contributed by atoms with Crippen molar-refractivity contribution in [2.24, 2.45) is 0 Å². The van der Waals surface area contributed by atoms with Crippen molar-refractivity contribution in [3.05, 3.63) is 22.5 Å². The third kappa shape index (κ3) is 2.68. The molecule has 0 bridgehead atoms. The largest absolute Gasteiger partial charge is 0.481 e. The number of aliphatic hydroxyl groups is 1. The second-order valence-electron chi connectivity index (χ2n) is 3.45. The lowest BCUT2D eigenvalue weighted by atomic mass is 10.4. The van der Waals surface area contributed by atoms with Crippen molar-refractivity contribution in [2.75, 3.05) is 7.11 Å². The minimum absolute atomic E-state index is 0.0775. The van der Waals surface area contributed by atoms with Crippen molar-refractivity contribution in [3.8, 4) is 5.88 Å². The quantitative estimate of drug-likeness (QED) is 0.584. The number of fused-ring (bicyclic) bond motifs is 1. The molecule has 0 aliphatic rings. The molecule has 3 aromatic rings. The molecule has 6 nitrogen and oxygen atoms in total. The Bertz CT molecular complexity index is 712. The van der Waals surface area contributed by atoms with Gasteiger partial charge in [0.05, 0.1) is 19.1 Å². The van der Waals surface area contributed by atoms with E-state index in [2.05, 4.69) is 19.6 Å². The van der Waals surface area contributed by atoms with Crippen LogP contribution in [0.5, 0.6) is 5.88 Å². The third-order valence-electron chi connectivity index (χ3n) is 2.23. The molecule has 9 heteroatoms. The van der Waals surface area contributed by atoms with E-state index in [-0.39, 0.29) is 16.3 Å². The van der Waals surface area contributed by atoms with Crippen LogP contribution in [0.25, 0.3) is 11.0 Å². The molecule has 0 radical (unpaired) electrons. The maximum atomic E-state index is 8.96. The molecule has 98 valence electrons. The van der Waals surface area contributed by atoms with E-state index >= 15 is 0 Å². The standard InChI is InChI=1S/C10H9N4O2S3/c1-16-7-3-2-6-5-19(14-9(6)11-7)18-10-13-12-8(4-15)17-10/h2-3,5,15H,4H2,1H3/q+1. The van der Waals surface area contributed by atoms with Crippen molar-refractivity contribution in [1.82, 2.24) is 19.6 Å². The smallest absolute Gasteiger partial charge is 0.233 e. The summed E-state index contributed by atoms with van der Waals surface area (Å²) < 4.78 is 10.4. The Balaban J connectivity index is 1.88. The van der Waals surface area contributed by atoms with Crippen molar-refractivity contribution >= 4 is 42.9 Å². The van der Waals surface area contributed by atoms with Crippen molar-refractivity contribution < 1.29 is 9.84 Å². The first-order valence-corrected chi connectivity index (χ1v) is 8.64. The van der Waals surface area contributed by atoms with Crippen LogP contribution in [0.3, 0.4) is 0 Å². The third-order valence-corrected chi connectivity index (χ3v) is 6.45. The lowest BCUT2D eigenvalue weighted by Gasteiger charge is -1.93. The Hall–Kier alpha value is -1.29. The number of hydrogen-bond acceptors (Lipinski definition) is 8. The van der Waals surface area contributed by atoms with Crippen LogP contribution in [-0.4, -0.2) is 31.8 Å². The summed E-state index contributed by atoms with van der Waals surface area (Å²) >= 11 is 1.38. The van der Waals surface area contributed by atoms with E-state index in [1.54, 1.807) is 7.11 Å². The molecule has 0 amide bonds. The van der Waals surface area contributed by atoms with Gasteiger partial charge in [0.2, 0.25) is 26.7 Å². The highest BCUT2D eigenvalue weighted by atomic mass is 33.1. The first-order valence-electron chi connectivity index (χ1n) is 5.25. The van der Waals surface area contributed by atoms with Gasteiger partial charge in [-0.25, -0.2) is 0 Å². The maximum Gasteiger partial charge on any atom is 0.233 e. The van der Waals surface area contributed by atoms with E-state index < -0.39 is 0 Å². The van der Waals surface area contributed by atoms with Gasteiger partial charge in [0.1, 0.15) is 5.01 Å². The van der Waals surface area contributed by atoms with E-state index in [4.69, 9.17) is 9.84 Å². The number of ether oxygens (including phenoxy) is 1. The zero-order valence-corrected chi connectivity index (χ0v) is 12.3. The number of pyridine rings is 1. The van der Waals surface area contributed by atoms with E-state index in [0.717, 1.165) is 9.73 Å². The fourth-order valence-electron chi connectivity index (χ4n) is 1.39. The number of methoxy groups -OCH3 is 1. The van der Waals surface area contributed by atoms with Crippen LogP contribution in [0.1, 0.15) is 5.01 Å². The van der Waals surface area contributed by atoms with Crippen LogP contribution in [0, 0.1) is 0 Å². The highest BCUT2D eigenvalue weighted by Gasteiger charge is 2.19. The van der Waals surface area contributed by atoms with Gasteiger partial charge in [-0.1, -0.05) is 11.3 Å². The minimum Gasteiger partial charge on any atom is -0.481 e.